The van der Waals surface area contributed by atoms with Crippen LogP contribution in [0.25, 0.3) is 0 Å². The van der Waals surface area contributed by atoms with E-state index in [4.69, 9.17) is 10.00 Å². The number of aliphatic hydroxyl groups is 3. The van der Waals surface area contributed by atoms with Crippen molar-refractivity contribution in [3.8, 4) is 6.07 Å². The molecule has 27 heavy (non-hydrogen) atoms. The van der Waals surface area contributed by atoms with E-state index < -0.39 is 11.9 Å². The van der Waals surface area contributed by atoms with Crippen LogP contribution in [-0.4, -0.2) is 27.2 Å². The molecule has 0 amide bonds. The molecule has 0 aromatic heterocycles. The van der Waals surface area contributed by atoms with Crippen LogP contribution in [0.3, 0.4) is 0 Å². The highest BCUT2D eigenvalue weighted by Gasteiger charge is 2.39. The van der Waals surface area contributed by atoms with Crippen LogP contribution < -0.4 is 0 Å². The summed E-state index contributed by atoms with van der Waals surface area (Å²) in [6, 6.07) is 2.10. The summed E-state index contributed by atoms with van der Waals surface area (Å²) >= 11 is 0. The van der Waals surface area contributed by atoms with E-state index in [2.05, 4.69) is 12.6 Å². The van der Waals surface area contributed by atoms with E-state index in [9.17, 15) is 15.3 Å². The zero-order valence-corrected chi connectivity index (χ0v) is 16.2. The zero-order valence-electron chi connectivity index (χ0n) is 16.2. The van der Waals surface area contributed by atoms with Gasteiger partial charge in [0.1, 0.15) is 11.9 Å². The van der Waals surface area contributed by atoms with Gasteiger partial charge in [-0.2, -0.15) is 5.26 Å². The maximum absolute atomic E-state index is 10.2. The molecular formula is C22H29NO4. The van der Waals surface area contributed by atoms with Crippen molar-refractivity contribution in [2.75, 3.05) is 0 Å². The molecule has 1 rings (SSSR count). The van der Waals surface area contributed by atoms with Crippen molar-refractivity contribution in [2.45, 2.75) is 45.5 Å². The molecule has 3 N–H and O–H groups in total. The average molecular weight is 371 g/mol. The number of aliphatic hydroxyl groups excluding tert-OH is 2. The predicted octanol–water partition coefficient (Wildman–Crippen LogP) is 4.21. The topological polar surface area (TPSA) is 93.7 Å². The van der Waals surface area contributed by atoms with Gasteiger partial charge in [-0.3, -0.25) is 0 Å². The maximum Gasteiger partial charge on any atom is 0.258 e. The number of hydrogen-bond acceptors (Lipinski definition) is 5. The Kier molecular flexibility index (Phi) is 8.80. The molecule has 146 valence electrons. The summed E-state index contributed by atoms with van der Waals surface area (Å²) in [7, 11) is 0. The Morgan fingerprint density at radius 2 is 1.89 bits per heavy atom. The molecule has 0 spiro atoms. The van der Waals surface area contributed by atoms with Crippen LogP contribution >= 0.6 is 0 Å². The fourth-order valence-corrected chi connectivity index (χ4v) is 2.44. The van der Waals surface area contributed by atoms with Gasteiger partial charge in [-0.15, -0.1) is 0 Å². The van der Waals surface area contributed by atoms with Crippen LogP contribution in [0.4, 0.5) is 0 Å². The van der Waals surface area contributed by atoms with E-state index in [1.54, 1.807) is 31.2 Å². The van der Waals surface area contributed by atoms with E-state index in [0.717, 1.165) is 0 Å². The van der Waals surface area contributed by atoms with Crippen molar-refractivity contribution in [3.63, 3.8) is 0 Å². The minimum absolute atomic E-state index is 0.0840. The molecule has 0 bridgehead atoms. The largest absolute Gasteiger partial charge is 0.512 e. The van der Waals surface area contributed by atoms with E-state index in [0.29, 0.717) is 24.2 Å². The molecule has 0 radical (unpaired) electrons. The van der Waals surface area contributed by atoms with Gasteiger partial charge < -0.3 is 20.1 Å². The lowest BCUT2D eigenvalue weighted by Crippen LogP contribution is -2.39. The van der Waals surface area contributed by atoms with Crippen molar-refractivity contribution in [1.29, 1.82) is 5.26 Å². The lowest BCUT2D eigenvalue weighted by Gasteiger charge is -2.24. The first-order valence-electron chi connectivity index (χ1n) is 8.94. The van der Waals surface area contributed by atoms with Gasteiger partial charge in [-0.05, 0) is 42.6 Å². The van der Waals surface area contributed by atoms with Gasteiger partial charge in [0.2, 0.25) is 0 Å². The summed E-state index contributed by atoms with van der Waals surface area (Å²) in [5.74, 6) is -0.951. The second-order valence-corrected chi connectivity index (χ2v) is 6.88. The maximum atomic E-state index is 10.2. The fraction of sp³-hybridized carbons (Fsp3) is 0.409. The minimum Gasteiger partial charge on any atom is -0.512 e. The Morgan fingerprint density at radius 1 is 1.26 bits per heavy atom. The van der Waals surface area contributed by atoms with Crippen molar-refractivity contribution >= 4 is 0 Å². The first kappa shape index (κ1) is 22.5. The number of allylic oxidation sites excluding steroid dienone is 8. The molecule has 1 aliphatic heterocycles. The highest BCUT2D eigenvalue weighted by atomic mass is 16.6. The molecule has 0 saturated heterocycles. The zero-order chi connectivity index (χ0) is 20.4. The molecule has 0 saturated carbocycles. The Hall–Kier alpha value is -2.55. The number of nitrogens with zero attached hydrogens (tertiary/aromatic N) is 1. The van der Waals surface area contributed by atoms with Gasteiger partial charge in [-0.1, -0.05) is 50.8 Å². The summed E-state index contributed by atoms with van der Waals surface area (Å²) in [6.07, 6.45) is 13.1. The van der Waals surface area contributed by atoms with Crippen molar-refractivity contribution < 1.29 is 20.1 Å². The summed E-state index contributed by atoms with van der Waals surface area (Å²) in [6.45, 7) is 9.30. The molecule has 1 heterocycles. The van der Waals surface area contributed by atoms with E-state index >= 15 is 0 Å². The van der Waals surface area contributed by atoms with Gasteiger partial charge in [0, 0.05) is 12.8 Å². The van der Waals surface area contributed by atoms with Gasteiger partial charge >= 0.3 is 0 Å². The molecule has 0 aromatic rings. The van der Waals surface area contributed by atoms with Gasteiger partial charge in [-0.25, -0.2) is 0 Å². The van der Waals surface area contributed by atoms with Gasteiger partial charge in [0.25, 0.3) is 5.79 Å². The number of nitriles is 1. The normalized spacial score (nSPS) is 24.2. The lowest BCUT2D eigenvalue weighted by molar-refractivity contribution is -0.176. The highest BCUT2D eigenvalue weighted by Crippen LogP contribution is 2.31. The van der Waals surface area contributed by atoms with E-state index in [1.807, 2.05) is 26.0 Å². The fourth-order valence-electron chi connectivity index (χ4n) is 2.44. The average Bonchev–Trinajstić information content (AvgIpc) is 2.85. The van der Waals surface area contributed by atoms with E-state index in [1.165, 1.54) is 12.2 Å². The standard InChI is InChI=1S/C22H29NO4/c1-16(12-13-23)9-7-10-20(24)14-17(2)8-5-6-11-21(25)22(26)15-18(3)19(4)27-22/h5-11,15-17,21,24-26H,4,12,14H2,1-3H3/b8-5+,9-7+,11-6+,20-10-. The third-order valence-electron chi connectivity index (χ3n) is 4.09. The first-order chi connectivity index (χ1) is 12.7. The quantitative estimate of drug-likeness (QED) is 0.417. The van der Waals surface area contributed by atoms with Crippen molar-refractivity contribution in [2.24, 2.45) is 11.8 Å². The third-order valence-corrected chi connectivity index (χ3v) is 4.09. The van der Waals surface area contributed by atoms with Crippen LogP contribution in [0.2, 0.25) is 0 Å². The number of ether oxygens (including phenoxy) is 1. The Balaban J connectivity index is 2.49. The smallest absolute Gasteiger partial charge is 0.258 e. The first-order valence-corrected chi connectivity index (χ1v) is 8.94. The Labute approximate surface area is 161 Å². The highest BCUT2D eigenvalue weighted by molar-refractivity contribution is 5.31. The number of hydrogen-bond donors (Lipinski definition) is 3. The molecule has 0 aromatic carbocycles. The van der Waals surface area contributed by atoms with Crippen molar-refractivity contribution in [3.05, 3.63) is 72.3 Å². The summed E-state index contributed by atoms with van der Waals surface area (Å²) in [5, 5.41) is 38.8. The molecule has 0 aliphatic carbocycles. The van der Waals surface area contributed by atoms with Crippen LogP contribution in [-0.2, 0) is 4.74 Å². The third kappa shape index (κ3) is 7.69. The second-order valence-electron chi connectivity index (χ2n) is 6.88. The lowest BCUT2D eigenvalue weighted by atomic mass is 10.0. The monoisotopic (exact) mass is 371 g/mol. The van der Waals surface area contributed by atoms with Crippen LogP contribution in [0.1, 0.15) is 33.6 Å². The van der Waals surface area contributed by atoms with Gasteiger partial charge in [0.05, 0.1) is 11.8 Å². The summed E-state index contributed by atoms with van der Waals surface area (Å²) in [5.41, 5.74) is 0.687. The second kappa shape index (κ2) is 10.6. The van der Waals surface area contributed by atoms with Crippen molar-refractivity contribution in [1.82, 2.24) is 0 Å². The van der Waals surface area contributed by atoms with Gasteiger partial charge in [0.15, 0.2) is 0 Å². The van der Waals surface area contributed by atoms with Crippen LogP contribution in [0.5, 0.6) is 0 Å². The van der Waals surface area contributed by atoms with Crippen LogP contribution in [0, 0.1) is 23.2 Å². The summed E-state index contributed by atoms with van der Waals surface area (Å²) < 4.78 is 5.20. The van der Waals surface area contributed by atoms with E-state index in [-0.39, 0.29) is 17.6 Å². The SMILES string of the molecule is C=C1OC(O)(C(O)/C=C/C=C/C(C)C/C(O)=C/C=C/C(C)CC#N)C=C1C. The minimum atomic E-state index is -1.78. The summed E-state index contributed by atoms with van der Waals surface area (Å²) in [4.78, 5) is 0. The molecule has 4 unspecified atom stereocenters. The molecule has 0 fully saturated rings. The molecular weight excluding hydrogens is 342 g/mol. The Bertz CT molecular complexity index is 708. The molecule has 5 nitrogen and oxygen atoms in total. The molecule has 4 atom stereocenters. The Morgan fingerprint density at radius 3 is 2.48 bits per heavy atom. The van der Waals surface area contributed by atoms with Crippen LogP contribution in [0.15, 0.2) is 72.3 Å². The predicted molar refractivity (Wildman–Crippen MR) is 106 cm³/mol. The molecule has 1 aliphatic rings. The number of rotatable bonds is 9. The molecule has 5 heteroatoms.